The second kappa shape index (κ2) is 6.21. The minimum atomic E-state index is 0.788. The van der Waals surface area contributed by atoms with Crippen LogP contribution in [-0.2, 0) is 4.74 Å². The summed E-state index contributed by atoms with van der Waals surface area (Å²) in [6.45, 7) is 7.76. The monoisotopic (exact) mass is 169 g/mol. The van der Waals surface area contributed by atoms with E-state index in [-0.39, 0.29) is 0 Å². The first-order valence-corrected chi connectivity index (χ1v) is 4.83. The summed E-state index contributed by atoms with van der Waals surface area (Å²) in [6.07, 6.45) is 5.43. The molecule has 0 aromatic heterocycles. The highest BCUT2D eigenvalue weighted by Gasteiger charge is 2.12. The molecule has 2 nitrogen and oxygen atoms in total. The summed E-state index contributed by atoms with van der Waals surface area (Å²) < 4.78 is 5.51. The van der Waals surface area contributed by atoms with Crippen molar-refractivity contribution >= 4 is 0 Å². The summed E-state index contributed by atoms with van der Waals surface area (Å²) in [6, 6.07) is 0. The van der Waals surface area contributed by atoms with Gasteiger partial charge in [0, 0.05) is 6.61 Å². The van der Waals surface area contributed by atoms with Crippen molar-refractivity contribution in [2.45, 2.75) is 19.3 Å². The molecule has 12 heavy (non-hydrogen) atoms. The van der Waals surface area contributed by atoms with Gasteiger partial charge in [-0.05, 0) is 38.3 Å². The Morgan fingerprint density at radius 1 is 1.42 bits per heavy atom. The van der Waals surface area contributed by atoms with Crippen molar-refractivity contribution in [1.82, 2.24) is 5.32 Å². The van der Waals surface area contributed by atoms with Gasteiger partial charge in [0.05, 0.1) is 6.61 Å². The molecule has 0 radical (unpaired) electrons. The van der Waals surface area contributed by atoms with Crippen molar-refractivity contribution in [3.8, 4) is 0 Å². The molecule has 1 aliphatic rings. The predicted molar refractivity (Wildman–Crippen MR) is 51.2 cm³/mol. The predicted octanol–water partition coefficient (Wildman–Crippen LogP) is 1.58. The van der Waals surface area contributed by atoms with Gasteiger partial charge in [0.1, 0.15) is 0 Å². The Labute approximate surface area is 75.0 Å². The van der Waals surface area contributed by atoms with E-state index in [0.29, 0.717) is 0 Å². The first-order chi connectivity index (χ1) is 5.93. The fraction of sp³-hybridized carbons (Fsp3) is 0.800. The van der Waals surface area contributed by atoms with E-state index in [9.17, 15) is 0 Å². The van der Waals surface area contributed by atoms with Crippen molar-refractivity contribution in [2.75, 3.05) is 26.3 Å². The molecule has 1 heterocycles. The Bertz CT molecular complexity index is 119. The number of rotatable bonds is 5. The zero-order valence-corrected chi connectivity index (χ0v) is 7.72. The lowest BCUT2D eigenvalue weighted by molar-refractivity contribution is 0.0912. The maximum atomic E-state index is 5.51. The molecule has 0 amide bonds. The third-order valence-corrected chi connectivity index (χ3v) is 2.28. The molecular formula is C10H19NO. The fourth-order valence-electron chi connectivity index (χ4n) is 1.47. The summed E-state index contributed by atoms with van der Waals surface area (Å²) >= 11 is 0. The van der Waals surface area contributed by atoms with E-state index in [1.807, 2.05) is 6.08 Å². The third kappa shape index (κ3) is 3.88. The van der Waals surface area contributed by atoms with Crippen LogP contribution in [0.4, 0.5) is 0 Å². The molecule has 1 saturated heterocycles. The van der Waals surface area contributed by atoms with Crippen LogP contribution < -0.4 is 5.32 Å². The summed E-state index contributed by atoms with van der Waals surface area (Å²) in [5.41, 5.74) is 0. The molecule has 1 rings (SSSR count). The molecule has 0 bridgehead atoms. The van der Waals surface area contributed by atoms with Crippen molar-refractivity contribution < 1.29 is 4.74 Å². The minimum Gasteiger partial charge on any atom is -0.381 e. The van der Waals surface area contributed by atoms with Crippen LogP contribution >= 0.6 is 0 Å². The molecular weight excluding hydrogens is 150 g/mol. The van der Waals surface area contributed by atoms with Gasteiger partial charge in [-0.3, -0.25) is 0 Å². The highest BCUT2D eigenvalue weighted by molar-refractivity contribution is 4.68. The average molecular weight is 169 g/mol. The quantitative estimate of drug-likeness (QED) is 0.498. The Hall–Kier alpha value is -0.340. The molecule has 0 saturated carbocycles. The summed E-state index contributed by atoms with van der Waals surface area (Å²) in [4.78, 5) is 0. The molecule has 1 aliphatic heterocycles. The molecule has 0 spiro atoms. The van der Waals surface area contributed by atoms with Crippen molar-refractivity contribution in [1.29, 1.82) is 0 Å². The van der Waals surface area contributed by atoms with E-state index in [2.05, 4.69) is 11.9 Å². The summed E-state index contributed by atoms with van der Waals surface area (Å²) in [5.74, 6) is 0.788. The van der Waals surface area contributed by atoms with Crippen LogP contribution in [0.3, 0.4) is 0 Å². The molecule has 0 aromatic rings. The van der Waals surface area contributed by atoms with E-state index in [1.165, 1.54) is 12.8 Å². The summed E-state index contributed by atoms with van der Waals surface area (Å²) in [5, 5.41) is 3.34. The molecule has 0 unspecified atom stereocenters. The first-order valence-electron chi connectivity index (χ1n) is 4.83. The smallest absolute Gasteiger partial charge is 0.0500 e. The van der Waals surface area contributed by atoms with Crippen LogP contribution in [0.2, 0.25) is 0 Å². The maximum absolute atomic E-state index is 5.51. The Morgan fingerprint density at radius 2 is 2.17 bits per heavy atom. The van der Waals surface area contributed by atoms with E-state index in [4.69, 9.17) is 4.74 Å². The van der Waals surface area contributed by atoms with Crippen LogP contribution in [-0.4, -0.2) is 26.3 Å². The van der Waals surface area contributed by atoms with Gasteiger partial charge in [-0.15, -0.1) is 6.58 Å². The molecule has 0 aromatic carbocycles. The van der Waals surface area contributed by atoms with Gasteiger partial charge in [0.15, 0.2) is 0 Å². The molecule has 0 aliphatic carbocycles. The van der Waals surface area contributed by atoms with Gasteiger partial charge in [-0.2, -0.15) is 0 Å². The number of hydrogen-bond donors (Lipinski definition) is 1. The van der Waals surface area contributed by atoms with Crippen LogP contribution in [0.1, 0.15) is 19.3 Å². The summed E-state index contributed by atoms with van der Waals surface area (Å²) in [7, 11) is 0. The number of nitrogens with one attached hydrogen (secondary N) is 1. The zero-order valence-electron chi connectivity index (χ0n) is 7.72. The van der Waals surface area contributed by atoms with Crippen molar-refractivity contribution in [2.24, 2.45) is 5.92 Å². The number of ether oxygens (including phenoxy) is 1. The lowest BCUT2D eigenvalue weighted by Gasteiger charge is -2.22. The minimum absolute atomic E-state index is 0.788. The molecule has 1 N–H and O–H groups in total. The fourth-order valence-corrected chi connectivity index (χ4v) is 1.47. The average Bonchev–Trinajstić information content (AvgIpc) is 2.14. The Kier molecular flexibility index (Phi) is 5.04. The van der Waals surface area contributed by atoms with E-state index >= 15 is 0 Å². The second-order valence-electron chi connectivity index (χ2n) is 3.35. The van der Waals surface area contributed by atoms with Crippen LogP contribution in [0.25, 0.3) is 0 Å². The van der Waals surface area contributed by atoms with E-state index in [0.717, 1.165) is 38.6 Å². The first kappa shape index (κ1) is 9.75. The second-order valence-corrected chi connectivity index (χ2v) is 3.35. The van der Waals surface area contributed by atoms with Gasteiger partial charge < -0.3 is 10.1 Å². The molecule has 2 heteroatoms. The molecule has 1 fully saturated rings. The largest absolute Gasteiger partial charge is 0.381 e. The standard InChI is InChI=1S/C10H19NO/c1-2-3-8-12-9-10-4-6-11-7-5-10/h2,10-11H,1,3-9H2. The van der Waals surface area contributed by atoms with E-state index in [1.54, 1.807) is 0 Å². The van der Waals surface area contributed by atoms with Gasteiger partial charge >= 0.3 is 0 Å². The normalized spacial score (nSPS) is 19.3. The zero-order chi connectivity index (χ0) is 8.65. The maximum Gasteiger partial charge on any atom is 0.0500 e. The van der Waals surface area contributed by atoms with Crippen molar-refractivity contribution in [3.63, 3.8) is 0 Å². The number of piperidine rings is 1. The van der Waals surface area contributed by atoms with Gasteiger partial charge in [0.25, 0.3) is 0 Å². The van der Waals surface area contributed by atoms with Gasteiger partial charge in [0.2, 0.25) is 0 Å². The SMILES string of the molecule is C=CCCOCC1CCNCC1. The van der Waals surface area contributed by atoms with Crippen LogP contribution in [0.5, 0.6) is 0 Å². The van der Waals surface area contributed by atoms with Gasteiger partial charge in [-0.1, -0.05) is 6.08 Å². The molecule has 70 valence electrons. The van der Waals surface area contributed by atoms with Crippen LogP contribution in [0.15, 0.2) is 12.7 Å². The lowest BCUT2D eigenvalue weighted by Crippen LogP contribution is -2.30. The highest BCUT2D eigenvalue weighted by atomic mass is 16.5. The Balaban J connectivity index is 1.94. The highest BCUT2D eigenvalue weighted by Crippen LogP contribution is 2.11. The topological polar surface area (TPSA) is 21.3 Å². The van der Waals surface area contributed by atoms with Crippen LogP contribution in [0, 0.1) is 5.92 Å². The van der Waals surface area contributed by atoms with Crippen molar-refractivity contribution in [3.05, 3.63) is 12.7 Å². The van der Waals surface area contributed by atoms with Gasteiger partial charge in [-0.25, -0.2) is 0 Å². The van der Waals surface area contributed by atoms with E-state index < -0.39 is 0 Å². The lowest BCUT2D eigenvalue weighted by atomic mass is 9.99. The number of hydrogen-bond acceptors (Lipinski definition) is 2. The molecule has 0 atom stereocenters. The Morgan fingerprint density at radius 3 is 2.83 bits per heavy atom. The third-order valence-electron chi connectivity index (χ3n) is 2.28.